The lowest BCUT2D eigenvalue weighted by Crippen LogP contribution is -2.33. The van der Waals surface area contributed by atoms with E-state index in [0.717, 1.165) is 0 Å². The quantitative estimate of drug-likeness (QED) is 0.783. The summed E-state index contributed by atoms with van der Waals surface area (Å²) in [6.07, 6.45) is 0.359. The number of rotatable bonds is 6. The first-order chi connectivity index (χ1) is 9.40. The van der Waals surface area contributed by atoms with E-state index < -0.39 is 11.9 Å². The first-order valence-corrected chi connectivity index (χ1v) is 7.19. The van der Waals surface area contributed by atoms with Crippen LogP contribution in [0.15, 0.2) is 0 Å². The molecule has 2 amide bonds. The van der Waals surface area contributed by atoms with Crippen LogP contribution in [-0.2, 0) is 14.4 Å². The summed E-state index contributed by atoms with van der Waals surface area (Å²) in [6, 6.07) is 0. The molecule has 1 rings (SSSR count). The highest BCUT2D eigenvalue weighted by molar-refractivity contribution is 5.84. The second-order valence-corrected chi connectivity index (χ2v) is 5.29. The molecule has 1 heterocycles. The van der Waals surface area contributed by atoms with Crippen LogP contribution in [0.4, 0.5) is 0 Å². The number of amides is 2. The van der Waals surface area contributed by atoms with Crippen molar-refractivity contribution in [2.24, 2.45) is 11.8 Å². The second kappa shape index (κ2) is 7.26. The van der Waals surface area contributed by atoms with Gasteiger partial charge in [-0.05, 0) is 19.8 Å². The normalized spacial score (nSPS) is 21.9. The third kappa shape index (κ3) is 3.95. The molecule has 0 aromatic heterocycles. The lowest BCUT2D eigenvalue weighted by molar-refractivity contribution is -0.142. The van der Waals surface area contributed by atoms with E-state index in [-0.39, 0.29) is 37.1 Å². The van der Waals surface area contributed by atoms with Crippen LogP contribution >= 0.6 is 0 Å². The van der Waals surface area contributed by atoms with E-state index in [1.54, 1.807) is 9.80 Å². The minimum atomic E-state index is -0.855. The zero-order valence-corrected chi connectivity index (χ0v) is 12.5. The summed E-state index contributed by atoms with van der Waals surface area (Å²) in [7, 11) is 0. The number of carboxylic acid groups (broad SMARTS) is 1. The van der Waals surface area contributed by atoms with Gasteiger partial charge in [0, 0.05) is 39.0 Å². The number of carbonyl (C=O) groups is 3. The van der Waals surface area contributed by atoms with Crippen molar-refractivity contribution in [2.45, 2.75) is 33.6 Å². The van der Waals surface area contributed by atoms with Gasteiger partial charge in [-0.25, -0.2) is 0 Å². The predicted octanol–water partition coefficient (Wildman–Crippen LogP) is 0.814. The van der Waals surface area contributed by atoms with Crippen LogP contribution in [0.1, 0.15) is 33.6 Å². The number of carbonyl (C=O) groups excluding carboxylic acids is 2. The Morgan fingerprint density at radius 3 is 2.20 bits per heavy atom. The van der Waals surface area contributed by atoms with Gasteiger partial charge in [-0.3, -0.25) is 14.4 Å². The van der Waals surface area contributed by atoms with Crippen LogP contribution in [-0.4, -0.2) is 58.9 Å². The van der Waals surface area contributed by atoms with Crippen molar-refractivity contribution in [1.29, 1.82) is 0 Å². The van der Waals surface area contributed by atoms with E-state index in [2.05, 4.69) is 0 Å². The van der Waals surface area contributed by atoms with Crippen molar-refractivity contribution >= 4 is 17.8 Å². The minimum Gasteiger partial charge on any atom is -0.481 e. The van der Waals surface area contributed by atoms with Gasteiger partial charge in [-0.2, -0.15) is 0 Å². The molecule has 6 heteroatoms. The topological polar surface area (TPSA) is 77.9 Å². The van der Waals surface area contributed by atoms with Gasteiger partial charge in [-0.15, -0.1) is 0 Å². The SMILES string of the molecule is CCN(CC)C(=O)CCC(=O)N1C[C@@H](C)[C@H](C(=O)O)C1. The molecule has 6 nitrogen and oxygen atoms in total. The fourth-order valence-corrected chi connectivity index (χ4v) is 2.60. The molecule has 0 aromatic carbocycles. The van der Waals surface area contributed by atoms with Crippen molar-refractivity contribution in [3.63, 3.8) is 0 Å². The molecule has 0 spiro atoms. The van der Waals surface area contributed by atoms with Crippen LogP contribution in [0, 0.1) is 11.8 Å². The number of nitrogens with zero attached hydrogens (tertiary/aromatic N) is 2. The Morgan fingerprint density at radius 2 is 1.75 bits per heavy atom. The van der Waals surface area contributed by atoms with Crippen LogP contribution in [0.2, 0.25) is 0 Å². The summed E-state index contributed by atoms with van der Waals surface area (Å²) < 4.78 is 0. The van der Waals surface area contributed by atoms with Crippen LogP contribution in [0.25, 0.3) is 0 Å². The van der Waals surface area contributed by atoms with E-state index in [4.69, 9.17) is 5.11 Å². The van der Waals surface area contributed by atoms with E-state index in [9.17, 15) is 14.4 Å². The Kier molecular flexibility index (Phi) is 5.98. The predicted molar refractivity (Wildman–Crippen MR) is 74.0 cm³/mol. The second-order valence-electron chi connectivity index (χ2n) is 5.29. The first-order valence-electron chi connectivity index (χ1n) is 7.19. The van der Waals surface area contributed by atoms with Gasteiger partial charge in [-0.1, -0.05) is 6.92 Å². The molecule has 0 radical (unpaired) electrons. The molecule has 1 saturated heterocycles. The Bertz CT molecular complexity index is 379. The smallest absolute Gasteiger partial charge is 0.308 e. The summed E-state index contributed by atoms with van der Waals surface area (Å²) in [4.78, 5) is 38.1. The maximum absolute atomic E-state index is 12.0. The lowest BCUT2D eigenvalue weighted by atomic mass is 9.99. The molecule has 0 bridgehead atoms. The van der Waals surface area contributed by atoms with Crippen LogP contribution in [0.5, 0.6) is 0 Å². The number of carboxylic acids is 1. The Morgan fingerprint density at radius 1 is 1.15 bits per heavy atom. The third-order valence-corrected chi connectivity index (χ3v) is 3.95. The van der Waals surface area contributed by atoms with Gasteiger partial charge < -0.3 is 14.9 Å². The molecular weight excluding hydrogens is 260 g/mol. The van der Waals surface area contributed by atoms with Crippen LogP contribution in [0.3, 0.4) is 0 Å². The molecular formula is C14H24N2O4. The van der Waals surface area contributed by atoms with Crippen molar-refractivity contribution in [1.82, 2.24) is 9.80 Å². The lowest BCUT2D eigenvalue weighted by Gasteiger charge is -2.20. The molecule has 0 saturated carbocycles. The fraction of sp³-hybridized carbons (Fsp3) is 0.786. The number of aliphatic carboxylic acids is 1. The highest BCUT2D eigenvalue weighted by Crippen LogP contribution is 2.23. The van der Waals surface area contributed by atoms with Crippen molar-refractivity contribution in [3.05, 3.63) is 0 Å². The van der Waals surface area contributed by atoms with E-state index in [1.165, 1.54) is 0 Å². The molecule has 2 atom stereocenters. The summed E-state index contributed by atoms with van der Waals surface area (Å²) in [5.41, 5.74) is 0. The maximum atomic E-state index is 12.0. The molecule has 1 aliphatic heterocycles. The van der Waals surface area contributed by atoms with Gasteiger partial charge in [0.05, 0.1) is 5.92 Å². The zero-order valence-electron chi connectivity index (χ0n) is 12.5. The Balaban J connectivity index is 2.45. The molecule has 1 N–H and O–H groups in total. The van der Waals surface area contributed by atoms with E-state index >= 15 is 0 Å². The van der Waals surface area contributed by atoms with Crippen molar-refractivity contribution in [2.75, 3.05) is 26.2 Å². The Hall–Kier alpha value is -1.59. The molecule has 20 heavy (non-hydrogen) atoms. The molecule has 0 aliphatic carbocycles. The molecule has 1 aliphatic rings. The summed E-state index contributed by atoms with van der Waals surface area (Å²) in [5.74, 6) is -1.52. The van der Waals surface area contributed by atoms with Gasteiger partial charge in [0.2, 0.25) is 11.8 Å². The molecule has 114 valence electrons. The largest absolute Gasteiger partial charge is 0.481 e. The first kappa shape index (κ1) is 16.5. The molecule has 0 unspecified atom stereocenters. The summed E-state index contributed by atoms with van der Waals surface area (Å²) >= 11 is 0. The Labute approximate surface area is 119 Å². The molecule has 1 fully saturated rings. The van der Waals surface area contributed by atoms with Crippen molar-refractivity contribution in [3.8, 4) is 0 Å². The summed E-state index contributed by atoms with van der Waals surface area (Å²) in [6.45, 7) is 7.67. The van der Waals surface area contributed by atoms with Gasteiger partial charge in [0.15, 0.2) is 0 Å². The fourth-order valence-electron chi connectivity index (χ4n) is 2.60. The number of hydrogen-bond donors (Lipinski definition) is 1. The molecule has 0 aromatic rings. The monoisotopic (exact) mass is 284 g/mol. The average molecular weight is 284 g/mol. The van der Waals surface area contributed by atoms with E-state index in [0.29, 0.717) is 19.6 Å². The van der Waals surface area contributed by atoms with E-state index in [1.807, 2.05) is 20.8 Å². The highest BCUT2D eigenvalue weighted by Gasteiger charge is 2.36. The van der Waals surface area contributed by atoms with Crippen molar-refractivity contribution < 1.29 is 19.5 Å². The third-order valence-electron chi connectivity index (χ3n) is 3.95. The van der Waals surface area contributed by atoms with Crippen LogP contribution < -0.4 is 0 Å². The standard InChI is InChI=1S/C14H24N2O4/c1-4-15(5-2)12(17)6-7-13(18)16-8-10(3)11(9-16)14(19)20/h10-11H,4-9H2,1-3H3,(H,19,20)/t10-,11-/m1/s1. The van der Waals surface area contributed by atoms with Gasteiger partial charge in [0.1, 0.15) is 0 Å². The van der Waals surface area contributed by atoms with Gasteiger partial charge >= 0.3 is 5.97 Å². The average Bonchev–Trinajstić information content (AvgIpc) is 2.79. The zero-order chi connectivity index (χ0) is 15.3. The minimum absolute atomic E-state index is 0.0228. The maximum Gasteiger partial charge on any atom is 0.308 e. The van der Waals surface area contributed by atoms with Gasteiger partial charge in [0.25, 0.3) is 0 Å². The number of likely N-dealkylation sites (tertiary alicyclic amines) is 1. The summed E-state index contributed by atoms with van der Waals surface area (Å²) in [5, 5.41) is 9.04. The highest BCUT2D eigenvalue weighted by atomic mass is 16.4. The number of hydrogen-bond acceptors (Lipinski definition) is 3.